The lowest BCUT2D eigenvalue weighted by molar-refractivity contribution is -0.385. The molecule has 7 nitrogen and oxygen atoms in total. The van der Waals surface area contributed by atoms with Crippen LogP contribution in [0.4, 0.5) is 5.69 Å². The fraction of sp³-hybridized carbons (Fsp3) is 0.400. The number of hydrogen-bond acceptors (Lipinski definition) is 6. The minimum atomic E-state index is -0.683. The van der Waals surface area contributed by atoms with E-state index >= 15 is 0 Å². The average Bonchev–Trinajstić information content (AvgIpc) is 2.80. The lowest BCUT2D eigenvalue weighted by Gasteiger charge is -2.12. The molecule has 2 aromatic carbocycles. The molecule has 0 saturated carbocycles. The van der Waals surface area contributed by atoms with Crippen LogP contribution >= 0.6 is 0 Å². The van der Waals surface area contributed by atoms with Crippen molar-refractivity contribution < 1.29 is 23.9 Å². The number of allylic oxidation sites excluding steroid dienone is 1. The number of ether oxygens (including phenoxy) is 3. The van der Waals surface area contributed by atoms with Crippen molar-refractivity contribution in [2.45, 2.75) is 46.0 Å². The highest BCUT2D eigenvalue weighted by molar-refractivity contribution is 5.92. The second-order valence-electron chi connectivity index (χ2n) is 7.61. The molecule has 1 unspecified atom stereocenters. The first-order valence-corrected chi connectivity index (χ1v) is 10.9. The molecule has 32 heavy (non-hydrogen) atoms. The molecular formula is C25H31NO6. The van der Waals surface area contributed by atoms with Crippen molar-refractivity contribution in [3.05, 3.63) is 70.8 Å². The van der Waals surface area contributed by atoms with E-state index < -0.39 is 10.9 Å². The maximum Gasteiger partial charge on any atom is 0.343 e. The number of unbranched alkanes of at least 4 members (excludes halogenated alkanes) is 3. The molecule has 172 valence electrons. The topological polar surface area (TPSA) is 87.9 Å². The Kier molecular flexibility index (Phi) is 10.2. The second kappa shape index (κ2) is 13.1. The fourth-order valence-electron chi connectivity index (χ4n) is 2.79. The Morgan fingerprint density at radius 3 is 2.47 bits per heavy atom. The standard InChI is InChI=1S/C25H31NO6/c1-4-6-7-8-9-16-30-21-11-13-22(14-12-21)32-25(27)20-10-15-24(23(17-20)26(28)29)31-18-19(3)5-2/h4,10-15,17,19H,1,5-9,16,18H2,2-3H3. The van der Waals surface area contributed by atoms with Crippen molar-refractivity contribution >= 4 is 11.7 Å². The van der Waals surface area contributed by atoms with Crippen LogP contribution in [0.5, 0.6) is 17.2 Å². The first kappa shape index (κ1) is 24.9. The number of carbonyl (C=O) groups excluding carboxylic acids is 1. The van der Waals surface area contributed by atoms with Gasteiger partial charge in [0.15, 0.2) is 5.75 Å². The Hall–Kier alpha value is -3.35. The third-order valence-corrected chi connectivity index (χ3v) is 4.97. The van der Waals surface area contributed by atoms with Gasteiger partial charge in [0.1, 0.15) is 11.5 Å². The molecule has 0 aliphatic carbocycles. The zero-order chi connectivity index (χ0) is 23.3. The number of benzene rings is 2. The molecule has 1 atom stereocenters. The summed E-state index contributed by atoms with van der Waals surface area (Å²) in [5.41, 5.74) is -0.188. The van der Waals surface area contributed by atoms with E-state index in [1.807, 2.05) is 19.9 Å². The molecule has 0 aromatic heterocycles. The number of hydrogen-bond donors (Lipinski definition) is 0. The summed E-state index contributed by atoms with van der Waals surface area (Å²) in [6, 6.07) is 10.8. The van der Waals surface area contributed by atoms with Gasteiger partial charge in [0.25, 0.3) is 0 Å². The van der Waals surface area contributed by atoms with Gasteiger partial charge in [-0.3, -0.25) is 10.1 Å². The molecule has 0 aliphatic rings. The van der Waals surface area contributed by atoms with Crippen LogP contribution in [0, 0.1) is 16.0 Å². The molecule has 2 aromatic rings. The van der Waals surface area contributed by atoms with Crippen molar-refractivity contribution in [3.63, 3.8) is 0 Å². The van der Waals surface area contributed by atoms with E-state index in [4.69, 9.17) is 14.2 Å². The lowest BCUT2D eigenvalue weighted by atomic mass is 10.1. The second-order valence-corrected chi connectivity index (χ2v) is 7.61. The number of rotatable bonds is 14. The molecule has 2 rings (SSSR count). The van der Waals surface area contributed by atoms with Crippen molar-refractivity contribution in [1.29, 1.82) is 0 Å². The van der Waals surface area contributed by atoms with E-state index in [0.29, 0.717) is 24.7 Å². The fourth-order valence-corrected chi connectivity index (χ4v) is 2.79. The van der Waals surface area contributed by atoms with Crippen molar-refractivity contribution in [2.24, 2.45) is 5.92 Å². The van der Waals surface area contributed by atoms with E-state index in [2.05, 4.69) is 6.58 Å². The summed E-state index contributed by atoms with van der Waals surface area (Å²) in [4.78, 5) is 23.3. The summed E-state index contributed by atoms with van der Waals surface area (Å²) in [7, 11) is 0. The molecule has 0 heterocycles. The van der Waals surface area contributed by atoms with Crippen molar-refractivity contribution in [2.75, 3.05) is 13.2 Å². The zero-order valence-electron chi connectivity index (χ0n) is 18.7. The molecule has 0 amide bonds. The van der Waals surface area contributed by atoms with Gasteiger partial charge in [-0.25, -0.2) is 4.79 Å². The van der Waals surface area contributed by atoms with Gasteiger partial charge in [0.2, 0.25) is 0 Å². The van der Waals surface area contributed by atoms with E-state index in [1.54, 1.807) is 24.3 Å². The minimum Gasteiger partial charge on any atom is -0.494 e. The Bertz CT molecular complexity index is 894. The Labute approximate surface area is 189 Å². The van der Waals surface area contributed by atoms with Gasteiger partial charge >= 0.3 is 11.7 Å². The van der Waals surface area contributed by atoms with Crippen LogP contribution in [0.1, 0.15) is 56.3 Å². The maximum absolute atomic E-state index is 12.5. The van der Waals surface area contributed by atoms with Crippen LogP contribution in [0.3, 0.4) is 0 Å². The summed E-state index contributed by atoms with van der Waals surface area (Å²) >= 11 is 0. The molecular weight excluding hydrogens is 410 g/mol. The van der Waals surface area contributed by atoms with Gasteiger partial charge in [-0.05, 0) is 68.0 Å². The summed E-state index contributed by atoms with van der Waals surface area (Å²) in [5, 5.41) is 11.4. The number of nitro groups is 1. The van der Waals surface area contributed by atoms with E-state index in [1.165, 1.54) is 18.2 Å². The summed E-state index contributed by atoms with van der Waals surface area (Å²) < 4.78 is 16.6. The monoisotopic (exact) mass is 441 g/mol. The van der Waals surface area contributed by atoms with E-state index in [9.17, 15) is 14.9 Å². The summed E-state index contributed by atoms with van der Waals surface area (Å²) in [5.74, 6) is 0.735. The lowest BCUT2D eigenvalue weighted by Crippen LogP contribution is -2.11. The SMILES string of the molecule is C=CCCCCCOc1ccc(OC(=O)c2ccc(OCC(C)CC)c([N+](=O)[O-])c2)cc1. The highest BCUT2D eigenvalue weighted by Gasteiger charge is 2.20. The largest absolute Gasteiger partial charge is 0.494 e. The first-order chi connectivity index (χ1) is 15.4. The maximum atomic E-state index is 12.5. The Morgan fingerprint density at radius 2 is 1.81 bits per heavy atom. The zero-order valence-corrected chi connectivity index (χ0v) is 18.7. The number of nitrogens with zero attached hydrogens (tertiary/aromatic N) is 1. The predicted octanol–water partition coefficient (Wildman–Crippen LogP) is 6.36. The van der Waals surface area contributed by atoms with Gasteiger partial charge < -0.3 is 14.2 Å². The summed E-state index contributed by atoms with van der Waals surface area (Å²) in [6.45, 7) is 8.70. The van der Waals surface area contributed by atoms with Gasteiger partial charge in [0.05, 0.1) is 23.7 Å². The van der Waals surface area contributed by atoms with Crippen LogP contribution in [-0.4, -0.2) is 24.1 Å². The normalized spacial score (nSPS) is 11.4. The predicted molar refractivity (Wildman–Crippen MR) is 124 cm³/mol. The Morgan fingerprint density at radius 1 is 1.09 bits per heavy atom. The van der Waals surface area contributed by atoms with Crippen LogP contribution in [0.25, 0.3) is 0 Å². The van der Waals surface area contributed by atoms with Crippen LogP contribution < -0.4 is 14.2 Å². The van der Waals surface area contributed by atoms with Gasteiger partial charge in [0, 0.05) is 6.07 Å². The van der Waals surface area contributed by atoms with Crippen LogP contribution in [-0.2, 0) is 0 Å². The van der Waals surface area contributed by atoms with Crippen LogP contribution in [0.2, 0.25) is 0 Å². The minimum absolute atomic E-state index is 0.0763. The third-order valence-electron chi connectivity index (χ3n) is 4.97. The molecule has 0 aliphatic heterocycles. The summed E-state index contributed by atoms with van der Waals surface area (Å²) in [6.07, 6.45) is 6.96. The van der Waals surface area contributed by atoms with E-state index in [-0.39, 0.29) is 22.9 Å². The molecule has 7 heteroatoms. The highest BCUT2D eigenvalue weighted by Crippen LogP contribution is 2.29. The van der Waals surface area contributed by atoms with Gasteiger partial charge in [-0.2, -0.15) is 0 Å². The molecule has 0 N–H and O–H groups in total. The van der Waals surface area contributed by atoms with Crippen LogP contribution in [0.15, 0.2) is 55.1 Å². The smallest absolute Gasteiger partial charge is 0.343 e. The molecule has 0 fully saturated rings. The van der Waals surface area contributed by atoms with Crippen molar-refractivity contribution in [3.8, 4) is 17.2 Å². The molecule has 0 spiro atoms. The third kappa shape index (κ3) is 8.06. The molecule has 0 bridgehead atoms. The highest BCUT2D eigenvalue weighted by atomic mass is 16.6. The Balaban J connectivity index is 1.94. The number of esters is 1. The number of carbonyl (C=O) groups is 1. The molecule has 0 radical (unpaired) electrons. The average molecular weight is 442 g/mol. The molecule has 0 saturated heterocycles. The van der Waals surface area contributed by atoms with Gasteiger partial charge in [-0.1, -0.05) is 26.3 Å². The van der Waals surface area contributed by atoms with Crippen molar-refractivity contribution in [1.82, 2.24) is 0 Å². The quantitative estimate of drug-likeness (QED) is 0.0846. The van der Waals surface area contributed by atoms with Gasteiger partial charge in [-0.15, -0.1) is 6.58 Å². The van der Waals surface area contributed by atoms with E-state index in [0.717, 1.165) is 32.1 Å². The first-order valence-electron chi connectivity index (χ1n) is 10.9. The number of nitro benzene ring substituents is 1.